The van der Waals surface area contributed by atoms with E-state index < -0.39 is 0 Å². The van der Waals surface area contributed by atoms with Gasteiger partial charge < -0.3 is 0 Å². The monoisotopic (exact) mass is 1220 g/mol. The maximum absolute atomic E-state index is 5.18. The van der Waals surface area contributed by atoms with Crippen molar-refractivity contribution in [2.75, 3.05) is 0 Å². The molecule has 10 aromatic heterocycles. The summed E-state index contributed by atoms with van der Waals surface area (Å²) in [7, 11) is 0. The number of hydrogen-bond acceptors (Lipinski definition) is 10. The van der Waals surface area contributed by atoms with E-state index in [4.69, 9.17) is 9.97 Å². The van der Waals surface area contributed by atoms with Crippen LogP contribution in [-0.4, -0.2) is 9.97 Å². The van der Waals surface area contributed by atoms with Gasteiger partial charge >= 0.3 is 0 Å². The average molecular weight is 1220 g/mol. The molecule has 0 aliphatic carbocycles. The van der Waals surface area contributed by atoms with Gasteiger partial charge in [-0.05, 0) is 204 Å². The summed E-state index contributed by atoms with van der Waals surface area (Å²) in [6.45, 7) is 9.20. The van der Waals surface area contributed by atoms with Crippen LogP contribution in [0.15, 0.2) is 132 Å². The molecule has 0 aliphatic rings. The Morgan fingerprint density at radius 3 is 0.988 bits per heavy atom. The van der Waals surface area contributed by atoms with Crippen LogP contribution in [0.1, 0.15) is 153 Å². The van der Waals surface area contributed by atoms with Crippen LogP contribution in [0, 0.1) is 0 Å². The Morgan fingerprint density at radius 2 is 0.622 bits per heavy atom. The number of hydrogen-bond donors (Lipinski definition) is 0. The molecular formula is C72H74N2S8. The molecule has 0 fully saturated rings. The first-order chi connectivity index (χ1) is 40.4. The fourth-order valence-electron chi connectivity index (χ4n) is 11.5. The second kappa shape index (κ2) is 27.4. The molecule has 0 atom stereocenters. The van der Waals surface area contributed by atoms with Gasteiger partial charge in [-0.15, -0.1) is 90.7 Å². The number of unbranched alkanes of at least 4 members (excludes halogenated alkanes) is 12. The Hall–Kier alpha value is -4.88. The van der Waals surface area contributed by atoms with Crippen molar-refractivity contribution in [2.24, 2.45) is 0 Å². The molecule has 0 unspecified atom stereocenters. The van der Waals surface area contributed by atoms with Crippen LogP contribution in [-0.2, 0) is 25.7 Å². The zero-order valence-corrected chi connectivity index (χ0v) is 54.5. The molecule has 12 aromatic rings. The van der Waals surface area contributed by atoms with Crippen molar-refractivity contribution in [3.63, 3.8) is 0 Å². The number of rotatable bonds is 28. The van der Waals surface area contributed by atoms with Crippen molar-refractivity contribution in [3.05, 3.63) is 155 Å². The molecule has 0 radical (unpaired) electrons. The molecule has 0 spiro atoms. The molecule has 2 nitrogen and oxygen atoms in total. The van der Waals surface area contributed by atoms with Crippen LogP contribution in [0.3, 0.4) is 0 Å². The zero-order chi connectivity index (χ0) is 55.8. The molecule has 0 bridgehead atoms. The molecule has 10 heteroatoms. The number of nitrogens with zero attached hydrogens (tertiary/aromatic N) is 2. The van der Waals surface area contributed by atoms with E-state index in [2.05, 4.69) is 160 Å². The largest absolute Gasteiger partial charge is 0.256 e. The summed E-state index contributed by atoms with van der Waals surface area (Å²) in [5, 5.41) is 9.30. The highest BCUT2D eigenvalue weighted by Gasteiger charge is 2.21. The zero-order valence-electron chi connectivity index (χ0n) is 48.0. The van der Waals surface area contributed by atoms with Crippen molar-refractivity contribution >= 4 is 123 Å². The lowest BCUT2D eigenvalue weighted by atomic mass is 10.0. The van der Waals surface area contributed by atoms with Gasteiger partial charge in [0.15, 0.2) is 0 Å². The van der Waals surface area contributed by atoms with Crippen LogP contribution in [0.4, 0.5) is 0 Å². The third-order valence-corrected chi connectivity index (χ3v) is 25.9. The minimum atomic E-state index is 1.03. The first kappa shape index (κ1) is 57.5. The SMILES string of the molecule is CCCCCCc1ccsc1-c1ccc(-c2ccc(-c3sc(-c4cnc5cc6cc7cc(-c8cc(CCCCCC)c(-c9ccc(-c%10ccc(-c%11sccc%11CCCCCC)s%10)s9)s8)cnc7cc6cc5c4)cc3CCCCCC)s2)s1. The highest BCUT2D eigenvalue weighted by atomic mass is 32.1. The summed E-state index contributed by atoms with van der Waals surface area (Å²) in [5.41, 5.74) is 10.4. The molecule has 0 N–H and O–H groups in total. The fourth-order valence-corrected chi connectivity index (χ4v) is 20.7. The van der Waals surface area contributed by atoms with E-state index in [-0.39, 0.29) is 0 Å². The number of benzene rings is 2. The number of aryl methyl sites for hydroxylation is 4. The third-order valence-electron chi connectivity index (χ3n) is 16.1. The Morgan fingerprint density at radius 1 is 0.280 bits per heavy atom. The number of fused-ring (bicyclic) bond motifs is 3. The molecule has 0 saturated heterocycles. The highest BCUT2D eigenvalue weighted by Crippen LogP contribution is 2.49. The van der Waals surface area contributed by atoms with Gasteiger partial charge in [0.2, 0.25) is 0 Å². The van der Waals surface area contributed by atoms with E-state index in [1.807, 2.05) is 90.7 Å². The van der Waals surface area contributed by atoms with Crippen molar-refractivity contribution in [3.8, 4) is 79.4 Å². The molecule has 2 aromatic carbocycles. The predicted octanol–water partition coefficient (Wildman–Crippen LogP) is 26.3. The Bertz CT molecular complexity index is 3780. The normalized spacial score (nSPS) is 11.9. The smallest absolute Gasteiger partial charge is 0.0708 e. The van der Waals surface area contributed by atoms with Crippen molar-refractivity contribution in [2.45, 2.75) is 156 Å². The van der Waals surface area contributed by atoms with Gasteiger partial charge in [0.25, 0.3) is 0 Å². The minimum absolute atomic E-state index is 1.03. The summed E-state index contributed by atoms with van der Waals surface area (Å²) in [6, 6.07) is 42.5. The van der Waals surface area contributed by atoms with Gasteiger partial charge in [0.05, 0.1) is 11.0 Å². The van der Waals surface area contributed by atoms with Crippen LogP contribution >= 0.6 is 90.7 Å². The van der Waals surface area contributed by atoms with Crippen LogP contribution in [0.2, 0.25) is 0 Å². The first-order valence-corrected chi connectivity index (χ1v) is 37.0. The van der Waals surface area contributed by atoms with Gasteiger partial charge in [0, 0.05) is 103 Å². The summed E-state index contributed by atoms with van der Waals surface area (Å²) < 4.78 is 0. The maximum atomic E-state index is 5.18. The standard InChI is InChI=1S/C72H74N2S8/c1-5-9-13-17-21-47-33-35-75-69(47)63-29-25-59(77-63)61-27-31-65(79-61)71-49(23-19-15-11-7-3)43-67(81-71)55-39-53-37-51-42-58-54(38-52(51)41-57(53)73-45-55)40-56(46-74-58)68-44-50(24-20-16-12-8-4)72(82-68)66-32-28-62(80-66)60-26-30-64(78-60)70-48(34-36-76-70)22-18-14-10-6-2/h25-46H,5-24H2,1-4H3. The molecule has 82 heavy (non-hydrogen) atoms. The van der Waals surface area contributed by atoms with Gasteiger partial charge in [-0.3, -0.25) is 9.97 Å². The van der Waals surface area contributed by atoms with Crippen LogP contribution in [0.5, 0.6) is 0 Å². The Balaban J connectivity index is 0.792. The van der Waals surface area contributed by atoms with Gasteiger partial charge in [-0.25, -0.2) is 0 Å². The third kappa shape index (κ3) is 13.2. The van der Waals surface area contributed by atoms with E-state index in [1.165, 1.54) is 239 Å². The Kier molecular flexibility index (Phi) is 19.3. The predicted molar refractivity (Wildman–Crippen MR) is 372 cm³/mol. The summed E-state index contributed by atoms with van der Waals surface area (Å²) in [6.07, 6.45) is 29.3. The second-order valence-corrected chi connectivity index (χ2v) is 30.5. The van der Waals surface area contributed by atoms with Crippen molar-refractivity contribution < 1.29 is 0 Å². The lowest BCUT2D eigenvalue weighted by molar-refractivity contribution is 0.668. The van der Waals surface area contributed by atoms with E-state index in [9.17, 15) is 0 Å². The van der Waals surface area contributed by atoms with Gasteiger partial charge in [-0.2, -0.15) is 0 Å². The highest BCUT2D eigenvalue weighted by molar-refractivity contribution is 7.30. The lowest BCUT2D eigenvalue weighted by Crippen LogP contribution is -1.86. The fraction of sp³-hybridized carbons (Fsp3) is 0.333. The van der Waals surface area contributed by atoms with E-state index in [1.54, 1.807) is 0 Å². The lowest BCUT2D eigenvalue weighted by Gasteiger charge is -2.07. The quantitative estimate of drug-likeness (QED) is 0.0361. The minimum Gasteiger partial charge on any atom is -0.256 e. The van der Waals surface area contributed by atoms with Crippen LogP contribution < -0.4 is 0 Å². The summed E-state index contributed by atoms with van der Waals surface area (Å²) >= 11 is 15.5. The molecule has 0 aliphatic heterocycles. The first-order valence-electron chi connectivity index (χ1n) is 30.4. The average Bonchev–Trinajstić information content (AvgIpc) is 4.44. The number of pyridine rings is 2. The van der Waals surface area contributed by atoms with Gasteiger partial charge in [0.1, 0.15) is 0 Å². The molecule has 10 heterocycles. The second-order valence-electron chi connectivity index (χ2n) is 22.3. The summed E-state index contributed by atoms with van der Waals surface area (Å²) in [5.74, 6) is 0. The molecule has 12 rings (SSSR count). The maximum Gasteiger partial charge on any atom is 0.0708 e. The van der Waals surface area contributed by atoms with Gasteiger partial charge in [-0.1, -0.05) is 105 Å². The topological polar surface area (TPSA) is 25.8 Å². The molecule has 420 valence electrons. The van der Waals surface area contributed by atoms with E-state index in [0.717, 1.165) is 23.9 Å². The molecule has 0 saturated carbocycles. The van der Waals surface area contributed by atoms with Crippen LogP contribution in [0.25, 0.3) is 112 Å². The number of aromatic nitrogens is 2. The Labute approximate surface area is 518 Å². The van der Waals surface area contributed by atoms with Crippen molar-refractivity contribution in [1.29, 1.82) is 0 Å². The summed E-state index contributed by atoms with van der Waals surface area (Å²) in [4.78, 5) is 29.8. The van der Waals surface area contributed by atoms with E-state index >= 15 is 0 Å². The molecule has 0 amide bonds. The van der Waals surface area contributed by atoms with E-state index in [0.29, 0.717) is 0 Å². The molecular weight excluding hydrogens is 1150 g/mol. The van der Waals surface area contributed by atoms with Crippen molar-refractivity contribution in [1.82, 2.24) is 9.97 Å². The number of thiophene rings is 8.